The minimum atomic E-state index is -0.106. The van der Waals surface area contributed by atoms with Gasteiger partial charge in [0.1, 0.15) is 13.2 Å². The van der Waals surface area contributed by atoms with Gasteiger partial charge in [0.05, 0.1) is 6.54 Å². The molecule has 0 bridgehead atoms. The highest BCUT2D eigenvalue weighted by atomic mass is 16.6. The van der Waals surface area contributed by atoms with Gasteiger partial charge in [0.2, 0.25) is 5.91 Å². The molecular weight excluding hydrogens is 304 g/mol. The second-order valence-electron chi connectivity index (χ2n) is 7.09. The number of carbonyl (C=O) groups excluding carboxylic acids is 1. The predicted molar refractivity (Wildman–Crippen MR) is 91.4 cm³/mol. The van der Waals surface area contributed by atoms with Crippen LogP contribution in [0.2, 0.25) is 0 Å². The number of nitrogens with zero attached hydrogens (tertiary/aromatic N) is 1. The lowest BCUT2D eigenvalue weighted by Crippen LogP contribution is -2.46. The summed E-state index contributed by atoms with van der Waals surface area (Å²) in [6.45, 7) is 3.47. The molecule has 3 aliphatic rings. The van der Waals surface area contributed by atoms with Crippen molar-refractivity contribution in [1.29, 1.82) is 0 Å². The van der Waals surface area contributed by atoms with Crippen molar-refractivity contribution in [2.75, 3.05) is 32.8 Å². The SMILES string of the molecule is O=C(CNC1(c2ccc3c(c2)OCCO3)CCCC1)N1CCCC1. The number of benzene rings is 1. The molecule has 1 saturated heterocycles. The molecule has 1 saturated carbocycles. The number of ether oxygens (including phenoxy) is 2. The number of hydrogen-bond donors (Lipinski definition) is 1. The van der Waals surface area contributed by atoms with Crippen molar-refractivity contribution in [1.82, 2.24) is 10.2 Å². The second-order valence-corrected chi connectivity index (χ2v) is 7.09. The number of likely N-dealkylation sites (tertiary alicyclic amines) is 1. The molecule has 4 rings (SSSR count). The summed E-state index contributed by atoms with van der Waals surface area (Å²) >= 11 is 0. The van der Waals surface area contributed by atoms with Gasteiger partial charge >= 0.3 is 0 Å². The third-order valence-electron chi connectivity index (χ3n) is 5.59. The van der Waals surface area contributed by atoms with Gasteiger partial charge in [-0.2, -0.15) is 0 Å². The molecule has 1 amide bonds. The third-order valence-corrected chi connectivity index (χ3v) is 5.59. The van der Waals surface area contributed by atoms with Crippen molar-refractivity contribution >= 4 is 5.91 Å². The fourth-order valence-corrected chi connectivity index (χ4v) is 4.21. The van der Waals surface area contributed by atoms with Gasteiger partial charge in [0, 0.05) is 18.6 Å². The molecule has 24 heavy (non-hydrogen) atoms. The van der Waals surface area contributed by atoms with E-state index in [1.807, 2.05) is 11.0 Å². The number of hydrogen-bond acceptors (Lipinski definition) is 4. The zero-order chi connectivity index (χ0) is 16.4. The van der Waals surface area contributed by atoms with Crippen LogP contribution < -0.4 is 14.8 Å². The largest absolute Gasteiger partial charge is 0.486 e. The lowest BCUT2D eigenvalue weighted by atomic mass is 9.87. The van der Waals surface area contributed by atoms with Crippen LogP contribution in [0.4, 0.5) is 0 Å². The number of rotatable bonds is 4. The van der Waals surface area contributed by atoms with Gasteiger partial charge in [0.15, 0.2) is 11.5 Å². The van der Waals surface area contributed by atoms with Gasteiger partial charge in [-0.15, -0.1) is 0 Å². The topological polar surface area (TPSA) is 50.8 Å². The molecule has 1 aromatic carbocycles. The average Bonchev–Trinajstić information content (AvgIpc) is 3.32. The number of nitrogens with one attached hydrogen (secondary N) is 1. The highest BCUT2D eigenvalue weighted by molar-refractivity contribution is 5.78. The monoisotopic (exact) mass is 330 g/mol. The Balaban J connectivity index is 1.51. The maximum absolute atomic E-state index is 12.4. The second kappa shape index (κ2) is 6.63. The summed E-state index contributed by atoms with van der Waals surface area (Å²) in [6, 6.07) is 6.24. The van der Waals surface area contributed by atoms with E-state index < -0.39 is 0 Å². The lowest BCUT2D eigenvalue weighted by Gasteiger charge is -2.33. The first-order valence-corrected chi connectivity index (χ1v) is 9.20. The zero-order valence-electron chi connectivity index (χ0n) is 14.2. The minimum absolute atomic E-state index is 0.106. The van der Waals surface area contributed by atoms with E-state index in [2.05, 4.69) is 17.4 Å². The van der Waals surface area contributed by atoms with Gasteiger partial charge in [-0.25, -0.2) is 0 Å². The number of amides is 1. The van der Waals surface area contributed by atoms with E-state index in [0.29, 0.717) is 19.8 Å². The summed E-state index contributed by atoms with van der Waals surface area (Å²) in [6.07, 6.45) is 6.80. The van der Waals surface area contributed by atoms with Crippen molar-refractivity contribution in [3.8, 4) is 11.5 Å². The van der Waals surface area contributed by atoms with E-state index in [4.69, 9.17) is 9.47 Å². The summed E-state index contributed by atoms with van der Waals surface area (Å²) in [5.41, 5.74) is 1.11. The molecule has 0 spiro atoms. The van der Waals surface area contributed by atoms with Crippen LogP contribution in [0.5, 0.6) is 11.5 Å². The normalized spacial score (nSPS) is 21.9. The summed E-state index contributed by atoms with van der Waals surface area (Å²) < 4.78 is 11.4. The molecule has 2 heterocycles. The Morgan fingerprint density at radius 2 is 1.75 bits per heavy atom. The maximum Gasteiger partial charge on any atom is 0.236 e. The summed E-state index contributed by atoms with van der Waals surface area (Å²) in [5, 5.41) is 3.61. The van der Waals surface area contributed by atoms with Crippen LogP contribution in [0.3, 0.4) is 0 Å². The van der Waals surface area contributed by atoms with Crippen LogP contribution in [0, 0.1) is 0 Å². The first-order valence-electron chi connectivity index (χ1n) is 9.20. The average molecular weight is 330 g/mol. The van der Waals surface area contributed by atoms with E-state index in [1.165, 1.54) is 18.4 Å². The van der Waals surface area contributed by atoms with Crippen LogP contribution in [0.15, 0.2) is 18.2 Å². The molecule has 1 N–H and O–H groups in total. The zero-order valence-corrected chi connectivity index (χ0v) is 14.2. The van der Waals surface area contributed by atoms with E-state index in [-0.39, 0.29) is 11.4 Å². The van der Waals surface area contributed by atoms with Crippen molar-refractivity contribution in [3.63, 3.8) is 0 Å². The van der Waals surface area contributed by atoms with E-state index in [0.717, 1.165) is 50.3 Å². The first-order chi connectivity index (χ1) is 11.8. The molecule has 5 nitrogen and oxygen atoms in total. The van der Waals surface area contributed by atoms with E-state index >= 15 is 0 Å². The van der Waals surface area contributed by atoms with Crippen molar-refractivity contribution < 1.29 is 14.3 Å². The quantitative estimate of drug-likeness (QED) is 0.921. The molecule has 0 aromatic heterocycles. The maximum atomic E-state index is 12.4. The Hall–Kier alpha value is -1.75. The minimum Gasteiger partial charge on any atom is -0.486 e. The Kier molecular flexibility index (Phi) is 4.35. The number of fused-ring (bicyclic) bond motifs is 1. The molecule has 130 valence electrons. The van der Waals surface area contributed by atoms with Crippen LogP contribution in [0.25, 0.3) is 0 Å². The Labute approximate surface area is 143 Å². The first kappa shape index (κ1) is 15.8. The molecule has 5 heteroatoms. The predicted octanol–water partition coefficient (Wildman–Crippen LogP) is 2.44. The standard InChI is InChI=1S/C19H26N2O3/c22-18(21-9-3-4-10-21)14-20-19(7-1-2-8-19)15-5-6-16-17(13-15)24-12-11-23-16/h5-6,13,20H,1-4,7-12,14H2. The van der Waals surface area contributed by atoms with E-state index in [1.54, 1.807) is 0 Å². The van der Waals surface area contributed by atoms with Crippen LogP contribution >= 0.6 is 0 Å². The van der Waals surface area contributed by atoms with Crippen LogP contribution in [-0.2, 0) is 10.3 Å². The highest BCUT2D eigenvalue weighted by Crippen LogP contribution is 2.42. The molecule has 1 aromatic rings. The van der Waals surface area contributed by atoms with Gasteiger partial charge < -0.3 is 14.4 Å². The van der Waals surface area contributed by atoms with E-state index in [9.17, 15) is 4.79 Å². The summed E-state index contributed by atoms with van der Waals surface area (Å²) in [4.78, 5) is 14.4. The summed E-state index contributed by atoms with van der Waals surface area (Å²) in [7, 11) is 0. The fraction of sp³-hybridized carbons (Fsp3) is 0.632. The lowest BCUT2D eigenvalue weighted by molar-refractivity contribution is -0.129. The molecule has 2 aliphatic heterocycles. The Bertz CT molecular complexity index is 605. The van der Waals surface area contributed by atoms with Gasteiger partial charge in [-0.05, 0) is 43.4 Å². The van der Waals surface area contributed by atoms with Crippen LogP contribution in [-0.4, -0.2) is 43.7 Å². The molecule has 0 atom stereocenters. The van der Waals surface area contributed by atoms with Gasteiger partial charge in [-0.1, -0.05) is 18.9 Å². The molecule has 0 unspecified atom stereocenters. The molecule has 1 aliphatic carbocycles. The molecule has 0 radical (unpaired) electrons. The van der Waals surface area contributed by atoms with Crippen molar-refractivity contribution in [2.24, 2.45) is 0 Å². The van der Waals surface area contributed by atoms with Crippen molar-refractivity contribution in [2.45, 2.75) is 44.1 Å². The molecular formula is C19H26N2O3. The van der Waals surface area contributed by atoms with Gasteiger partial charge in [0.25, 0.3) is 0 Å². The van der Waals surface area contributed by atoms with Gasteiger partial charge in [-0.3, -0.25) is 10.1 Å². The third kappa shape index (κ3) is 2.97. The Morgan fingerprint density at radius 1 is 1.04 bits per heavy atom. The Morgan fingerprint density at radius 3 is 2.50 bits per heavy atom. The smallest absolute Gasteiger partial charge is 0.236 e. The van der Waals surface area contributed by atoms with Crippen molar-refractivity contribution in [3.05, 3.63) is 23.8 Å². The highest BCUT2D eigenvalue weighted by Gasteiger charge is 2.37. The summed E-state index contributed by atoms with van der Waals surface area (Å²) in [5.74, 6) is 1.89. The fourth-order valence-electron chi connectivity index (χ4n) is 4.21. The van der Waals surface area contributed by atoms with Crippen LogP contribution in [0.1, 0.15) is 44.1 Å². The number of carbonyl (C=O) groups is 1. The molecule has 2 fully saturated rings.